The zero-order valence-electron chi connectivity index (χ0n) is 31.4. The average molecular weight is 968 g/mol. The van der Waals surface area contributed by atoms with E-state index in [0.717, 1.165) is 12.2 Å². The van der Waals surface area contributed by atoms with Crippen molar-refractivity contribution in [2.75, 3.05) is 12.9 Å². The number of aryl methyl sites for hydroxylation is 1. The minimum absolute atomic E-state index is 0.450. The number of hydrogen-bond donors (Lipinski definition) is 0. The van der Waals surface area contributed by atoms with Crippen LogP contribution in [-0.4, -0.2) is 30.0 Å². The first kappa shape index (κ1) is 49.6. The van der Waals surface area contributed by atoms with E-state index >= 15 is 35.1 Å². The van der Waals surface area contributed by atoms with E-state index in [2.05, 4.69) is 29.0 Å². The fourth-order valence-corrected chi connectivity index (χ4v) is 7.45. The van der Waals surface area contributed by atoms with Gasteiger partial charge in [-0.25, -0.2) is 87.8 Å². The predicted molar refractivity (Wildman–Crippen MR) is 191 cm³/mol. The summed E-state index contributed by atoms with van der Waals surface area (Å²) in [5, 5.41) is 0. The molecule has 0 heterocycles. The normalized spacial score (nSPS) is 11.4. The summed E-state index contributed by atoms with van der Waals surface area (Å²) in [5.41, 5.74) is -13.0. The third-order valence-electron chi connectivity index (χ3n) is 9.41. The molecule has 25 heteroatoms. The van der Waals surface area contributed by atoms with Gasteiger partial charge in [0.25, 0.3) is 0 Å². The highest BCUT2D eigenvalue weighted by Gasteiger charge is 2.52. The van der Waals surface area contributed by atoms with Crippen molar-refractivity contribution in [3.05, 3.63) is 177 Å². The van der Waals surface area contributed by atoms with E-state index in [4.69, 9.17) is 9.53 Å². The van der Waals surface area contributed by atoms with Gasteiger partial charge in [0.15, 0.2) is 69.8 Å². The molecular formula is C40H17BF20O3S. The quantitative estimate of drug-likeness (QED) is 0.0212. The van der Waals surface area contributed by atoms with Gasteiger partial charge in [0.1, 0.15) is 59.8 Å². The standard InChI is InChI=1S/C24BF20.C16H16O3S/c26-5-1(6(27)14(35)21(42)13(5)34)25(2-7(28)15(36)22(43)16(37)8(2)29,3-9(30)17(38)23(44)18(39)10(3)31)4-11(32)19(40)24(45)20(41)12(4)33;1-18-16(17)19-14-7-9-15(10-8-14)20-12-11-13-5-3-2-4-6-13/h;2-10H,11-12H2,1H3/q-1;/p+1. The molecule has 0 radical (unpaired) electrons. The second-order valence-electron chi connectivity index (χ2n) is 12.9. The van der Waals surface area contributed by atoms with Crippen molar-refractivity contribution < 1.29 is 102 Å². The highest BCUT2D eigenvalue weighted by molar-refractivity contribution is 7.99. The number of ether oxygens (including phenoxy) is 2. The van der Waals surface area contributed by atoms with E-state index in [1.54, 1.807) is 23.9 Å². The number of thioether (sulfide) groups is 1. The molecule has 6 aromatic rings. The van der Waals surface area contributed by atoms with E-state index in [-0.39, 0.29) is 0 Å². The summed E-state index contributed by atoms with van der Waals surface area (Å²) >= 11 is 1.79. The third-order valence-corrected chi connectivity index (χ3v) is 10.4. The smallest absolute Gasteiger partial charge is 0.336 e. The van der Waals surface area contributed by atoms with Crippen molar-refractivity contribution in [3.63, 3.8) is 0 Å². The maximum Gasteiger partial charge on any atom is 0.718 e. The van der Waals surface area contributed by atoms with Gasteiger partial charge in [0.2, 0.25) is 5.75 Å². The lowest BCUT2D eigenvalue weighted by Gasteiger charge is -2.44. The molecule has 6 aromatic carbocycles. The van der Waals surface area contributed by atoms with Gasteiger partial charge in [-0.15, -0.1) is 33.6 Å². The summed E-state index contributed by atoms with van der Waals surface area (Å²) in [7, 11) is 1.35. The molecule has 0 aliphatic rings. The lowest BCUT2D eigenvalue weighted by atomic mass is 9.12. The molecule has 1 N–H and O–H groups in total. The van der Waals surface area contributed by atoms with Crippen LogP contribution < -0.4 is 26.6 Å². The SMILES string of the molecule is COC(=[OH+])Oc1ccc(SCCc2ccccc2)cc1.Fc1c(F)c(F)c([B-](c2c(F)c(F)c(F)c(F)c2F)(c2c(F)c(F)c(F)c(F)c2F)c2c(F)c(F)c(F)c(F)c2F)c(F)c1F. The molecule has 0 atom stereocenters. The number of methoxy groups -OCH3 is 1. The zero-order chi connectivity index (χ0) is 48.6. The zero-order valence-corrected chi connectivity index (χ0v) is 32.2. The van der Waals surface area contributed by atoms with Crippen molar-refractivity contribution in [2.24, 2.45) is 0 Å². The summed E-state index contributed by atoms with van der Waals surface area (Å²) < 4.78 is 304. The van der Waals surface area contributed by atoms with Crippen LogP contribution in [0.1, 0.15) is 5.56 Å². The molecule has 0 unspecified atom stereocenters. The molecule has 0 aromatic heterocycles. The Kier molecular flexibility index (Phi) is 14.8. The lowest BCUT2D eigenvalue weighted by Crippen LogP contribution is -2.81. The van der Waals surface area contributed by atoms with Gasteiger partial charge in [-0.2, -0.15) is 0 Å². The maximum atomic E-state index is 15.4. The molecule has 0 aliphatic carbocycles. The fourth-order valence-electron chi connectivity index (χ4n) is 6.55. The molecule has 0 spiro atoms. The van der Waals surface area contributed by atoms with Gasteiger partial charge in [0.05, 0.1) is 0 Å². The number of benzene rings is 6. The van der Waals surface area contributed by atoms with Crippen LogP contribution in [0.2, 0.25) is 0 Å². The van der Waals surface area contributed by atoms with Crippen molar-refractivity contribution in [1.29, 1.82) is 0 Å². The Morgan fingerprint density at radius 1 is 0.415 bits per heavy atom. The molecule has 0 amide bonds. The Labute approximate surface area is 354 Å². The van der Waals surface area contributed by atoms with Gasteiger partial charge in [-0.3, -0.25) is 4.74 Å². The highest BCUT2D eigenvalue weighted by atomic mass is 32.2. The van der Waals surface area contributed by atoms with Crippen LogP contribution >= 0.6 is 11.8 Å². The Balaban J connectivity index is 0.000000330. The van der Waals surface area contributed by atoms with Crippen molar-refractivity contribution in [3.8, 4) is 5.75 Å². The molecule has 65 heavy (non-hydrogen) atoms. The van der Waals surface area contributed by atoms with E-state index in [9.17, 15) is 52.7 Å². The van der Waals surface area contributed by atoms with E-state index in [0.29, 0.717) is 5.75 Å². The van der Waals surface area contributed by atoms with Crippen molar-refractivity contribution in [2.45, 2.75) is 11.3 Å². The molecule has 0 bridgehead atoms. The lowest BCUT2D eigenvalue weighted by molar-refractivity contribution is 0.247. The minimum atomic E-state index is -7.22. The van der Waals surface area contributed by atoms with Gasteiger partial charge >= 0.3 is 6.16 Å². The Hall–Kier alpha value is -6.40. The van der Waals surface area contributed by atoms with Crippen LogP contribution in [-0.2, 0) is 11.2 Å². The average Bonchev–Trinajstić information content (AvgIpc) is 3.30. The topological polar surface area (TPSA) is 39.9 Å². The van der Waals surface area contributed by atoms with E-state index in [1.165, 1.54) is 17.6 Å². The summed E-state index contributed by atoms with van der Waals surface area (Å²) in [6, 6.07) is 18.0. The first-order chi connectivity index (χ1) is 30.5. The molecule has 0 saturated heterocycles. The van der Waals surface area contributed by atoms with Crippen LogP contribution in [0.3, 0.4) is 0 Å². The number of halogens is 20. The van der Waals surface area contributed by atoms with Crippen LogP contribution in [0.25, 0.3) is 0 Å². The Bertz CT molecular complexity index is 2450. The number of rotatable bonds is 9. The first-order valence-electron chi connectivity index (χ1n) is 17.3. The molecule has 6 rings (SSSR count). The van der Waals surface area contributed by atoms with Crippen molar-refractivity contribution >= 4 is 45.9 Å². The summed E-state index contributed by atoms with van der Waals surface area (Å²) in [5.74, 6) is -69.8. The second-order valence-corrected chi connectivity index (χ2v) is 14.1. The van der Waals surface area contributed by atoms with Gasteiger partial charge in [-0.1, -0.05) is 30.3 Å². The number of hydrogen-bond acceptors (Lipinski definition) is 3. The molecule has 0 fully saturated rings. The van der Waals surface area contributed by atoms with Crippen LogP contribution in [0.4, 0.5) is 87.8 Å². The van der Waals surface area contributed by atoms with E-state index < -0.39 is 150 Å². The van der Waals surface area contributed by atoms with Crippen LogP contribution in [0.15, 0.2) is 59.5 Å². The molecule has 0 saturated carbocycles. The van der Waals surface area contributed by atoms with Crippen LogP contribution in [0, 0.1) is 116 Å². The third kappa shape index (κ3) is 8.64. The summed E-state index contributed by atoms with van der Waals surface area (Å²) in [6.07, 6.45) is -6.62. The Morgan fingerprint density at radius 3 is 0.969 bits per heavy atom. The molecular weight excluding hydrogens is 951 g/mol. The molecule has 3 nitrogen and oxygen atoms in total. The van der Waals surface area contributed by atoms with Gasteiger partial charge < -0.3 is 9.53 Å². The maximum absolute atomic E-state index is 15.4. The number of carbonyl (C=O) groups excluding carboxylic acids is 1. The minimum Gasteiger partial charge on any atom is -0.336 e. The highest BCUT2D eigenvalue weighted by Crippen LogP contribution is 2.31. The fraction of sp³-hybridized carbons (Fsp3) is 0.0750. The summed E-state index contributed by atoms with van der Waals surface area (Å²) in [6.45, 7) is 0. The van der Waals surface area contributed by atoms with Crippen LogP contribution in [0.5, 0.6) is 5.75 Å². The first-order valence-corrected chi connectivity index (χ1v) is 18.2. The second kappa shape index (κ2) is 19.4. The van der Waals surface area contributed by atoms with Gasteiger partial charge in [0, 0.05) is 22.8 Å². The van der Waals surface area contributed by atoms with Gasteiger partial charge in [-0.05, 0) is 24.1 Å². The van der Waals surface area contributed by atoms with Crippen molar-refractivity contribution in [1.82, 2.24) is 0 Å². The Morgan fingerprint density at radius 2 is 0.692 bits per heavy atom. The van der Waals surface area contributed by atoms with E-state index in [1.807, 2.05) is 18.2 Å². The molecule has 0 aliphatic heterocycles. The monoisotopic (exact) mass is 968 g/mol. The largest absolute Gasteiger partial charge is 0.718 e. The predicted octanol–water partition coefficient (Wildman–Crippen LogP) is 9.35. The molecule has 344 valence electrons. The summed E-state index contributed by atoms with van der Waals surface area (Å²) in [4.78, 5) is 10.3.